The minimum Gasteiger partial charge on any atom is -0.368 e. The largest absolute Gasteiger partial charge is 0.368 e. The normalized spacial score (nSPS) is 10.9. The van der Waals surface area contributed by atoms with Gasteiger partial charge in [0.25, 0.3) is 5.56 Å². The minimum atomic E-state index is -0.993. The van der Waals surface area contributed by atoms with Crippen LogP contribution < -0.4 is 10.5 Å². The topological polar surface area (TPSA) is 38.1 Å². The summed E-state index contributed by atoms with van der Waals surface area (Å²) in [6.07, 6.45) is 1.23. The van der Waals surface area contributed by atoms with Gasteiger partial charge in [-0.15, -0.1) is 0 Å². The molecule has 0 atom stereocenters. The molecule has 0 radical (unpaired) electrons. The van der Waals surface area contributed by atoms with E-state index in [1.807, 2.05) is 0 Å². The van der Waals surface area contributed by atoms with Crippen LogP contribution in [0.1, 0.15) is 5.56 Å². The molecule has 3 rings (SSSR count). The van der Waals surface area contributed by atoms with Crippen molar-refractivity contribution >= 4 is 17.3 Å². The lowest BCUT2D eigenvalue weighted by Gasteiger charge is -2.20. The number of nitrogens with zero attached hydrogens (tertiary/aromatic N) is 3. The lowest BCUT2D eigenvalue weighted by molar-refractivity contribution is 0.507. The Hall–Kier alpha value is -2.87. The van der Waals surface area contributed by atoms with Crippen LogP contribution in [0, 0.1) is 23.3 Å². The van der Waals surface area contributed by atoms with Crippen molar-refractivity contribution in [3.8, 4) is 5.69 Å². The maximum atomic E-state index is 13.9. The molecule has 1 aromatic heterocycles. The van der Waals surface area contributed by atoms with Crippen molar-refractivity contribution in [2.45, 2.75) is 6.54 Å². The molecule has 27 heavy (non-hydrogen) atoms. The zero-order valence-electron chi connectivity index (χ0n) is 13.9. The average Bonchev–Trinajstić information content (AvgIpc) is 2.61. The predicted octanol–water partition coefficient (Wildman–Crippen LogP) is 4.08. The van der Waals surface area contributed by atoms with Gasteiger partial charge in [0.1, 0.15) is 16.5 Å². The van der Waals surface area contributed by atoms with E-state index in [0.717, 1.165) is 24.3 Å². The summed E-state index contributed by atoms with van der Waals surface area (Å²) < 4.78 is 54.0. The summed E-state index contributed by atoms with van der Waals surface area (Å²) in [4.78, 5) is 14.0. The third kappa shape index (κ3) is 3.80. The molecular formula is C18H12ClF4N3O. The molecule has 0 saturated carbocycles. The molecule has 0 aliphatic carbocycles. The van der Waals surface area contributed by atoms with Gasteiger partial charge in [0, 0.05) is 19.7 Å². The van der Waals surface area contributed by atoms with Crippen molar-refractivity contribution < 1.29 is 17.6 Å². The van der Waals surface area contributed by atoms with E-state index in [2.05, 4.69) is 5.10 Å². The first-order chi connectivity index (χ1) is 12.8. The summed E-state index contributed by atoms with van der Waals surface area (Å²) in [6, 6.07) is 6.10. The fourth-order valence-corrected chi connectivity index (χ4v) is 2.78. The first-order valence-electron chi connectivity index (χ1n) is 7.66. The van der Waals surface area contributed by atoms with Crippen LogP contribution in [0.25, 0.3) is 5.69 Å². The number of benzene rings is 2. The predicted molar refractivity (Wildman–Crippen MR) is 93.2 cm³/mol. The van der Waals surface area contributed by atoms with Crippen LogP contribution in [0.15, 0.2) is 47.4 Å². The van der Waals surface area contributed by atoms with Gasteiger partial charge >= 0.3 is 0 Å². The lowest BCUT2D eigenvalue weighted by atomic mass is 10.2. The summed E-state index contributed by atoms with van der Waals surface area (Å²) in [5.41, 5.74) is -0.402. The van der Waals surface area contributed by atoms with Crippen molar-refractivity contribution in [3.05, 3.63) is 86.8 Å². The summed E-state index contributed by atoms with van der Waals surface area (Å²) >= 11 is 6.10. The van der Waals surface area contributed by atoms with E-state index >= 15 is 0 Å². The van der Waals surface area contributed by atoms with Crippen LogP contribution in [0.3, 0.4) is 0 Å². The monoisotopic (exact) mass is 397 g/mol. The Kier molecular flexibility index (Phi) is 5.18. The highest BCUT2D eigenvalue weighted by molar-refractivity contribution is 6.33. The number of anilines is 1. The van der Waals surface area contributed by atoms with Gasteiger partial charge in [-0.1, -0.05) is 17.7 Å². The molecule has 0 aliphatic heterocycles. The Morgan fingerprint density at radius 1 is 1.04 bits per heavy atom. The molecule has 2 aromatic carbocycles. The highest BCUT2D eigenvalue weighted by Crippen LogP contribution is 2.23. The molecule has 4 nitrogen and oxygen atoms in total. The number of rotatable bonds is 4. The maximum absolute atomic E-state index is 13.9. The van der Waals surface area contributed by atoms with Gasteiger partial charge in [-0.2, -0.15) is 9.78 Å². The van der Waals surface area contributed by atoms with Crippen LogP contribution in [0.5, 0.6) is 0 Å². The highest BCUT2D eigenvalue weighted by atomic mass is 35.5. The van der Waals surface area contributed by atoms with E-state index in [0.29, 0.717) is 16.3 Å². The second-order valence-electron chi connectivity index (χ2n) is 5.76. The van der Waals surface area contributed by atoms with Crippen LogP contribution in [0.2, 0.25) is 5.02 Å². The molecule has 0 unspecified atom stereocenters. The van der Waals surface area contributed by atoms with E-state index in [1.54, 1.807) is 7.05 Å². The van der Waals surface area contributed by atoms with Crippen molar-refractivity contribution in [3.63, 3.8) is 0 Å². The standard InChI is InChI=1S/C18H12ClF4N3O/c1-25(9-10-2-4-12(21)13(22)6-10)16-8-24-26(18(27)17(16)19)15-5-3-11(20)7-14(15)23/h2-8H,9H2,1H3. The SMILES string of the molecule is CN(Cc1ccc(F)c(F)c1)c1cnn(-c2ccc(F)cc2F)c(=O)c1Cl. The Bertz CT molecular complexity index is 1070. The molecule has 3 aromatic rings. The fraction of sp³-hybridized carbons (Fsp3) is 0.111. The molecular weight excluding hydrogens is 386 g/mol. The van der Waals surface area contributed by atoms with E-state index in [1.165, 1.54) is 17.2 Å². The van der Waals surface area contributed by atoms with Crippen LogP contribution in [-0.2, 0) is 6.54 Å². The summed E-state index contributed by atoms with van der Waals surface area (Å²) in [7, 11) is 1.58. The first-order valence-corrected chi connectivity index (χ1v) is 8.04. The van der Waals surface area contributed by atoms with Crippen molar-refractivity contribution in [1.82, 2.24) is 9.78 Å². The molecule has 0 bridgehead atoms. The van der Waals surface area contributed by atoms with Crippen LogP contribution >= 0.6 is 11.6 Å². The fourth-order valence-electron chi connectivity index (χ4n) is 2.51. The quantitative estimate of drug-likeness (QED) is 0.623. The molecule has 0 aliphatic rings. The third-order valence-electron chi connectivity index (χ3n) is 3.85. The lowest BCUT2D eigenvalue weighted by Crippen LogP contribution is -2.26. The Morgan fingerprint density at radius 2 is 1.78 bits per heavy atom. The van der Waals surface area contributed by atoms with E-state index in [4.69, 9.17) is 11.6 Å². The van der Waals surface area contributed by atoms with Gasteiger partial charge in [-0.25, -0.2) is 17.6 Å². The van der Waals surface area contributed by atoms with Gasteiger partial charge in [-0.3, -0.25) is 4.79 Å². The van der Waals surface area contributed by atoms with Crippen molar-refractivity contribution in [2.75, 3.05) is 11.9 Å². The third-order valence-corrected chi connectivity index (χ3v) is 4.21. The number of hydrogen-bond acceptors (Lipinski definition) is 3. The Labute approximate surface area is 156 Å². The molecule has 9 heteroatoms. The van der Waals surface area contributed by atoms with E-state index < -0.39 is 28.8 Å². The number of aromatic nitrogens is 2. The molecule has 140 valence electrons. The average molecular weight is 398 g/mol. The number of halogens is 5. The van der Waals surface area contributed by atoms with Gasteiger partial charge in [0.15, 0.2) is 17.5 Å². The van der Waals surface area contributed by atoms with Crippen molar-refractivity contribution in [2.24, 2.45) is 0 Å². The summed E-state index contributed by atoms with van der Waals surface area (Å²) in [5, 5.41) is 3.62. The molecule has 0 N–H and O–H groups in total. The molecule has 0 spiro atoms. The highest BCUT2D eigenvalue weighted by Gasteiger charge is 2.17. The van der Waals surface area contributed by atoms with E-state index in [9.17, 15) is 22.4 Å². The van der Waals surface area contributed by atoms with Gasteiger partial charge in [0.05, 0.1) is 11.9 Å². The maximum Gasteiger partial charge on any atom is 0.292 e. The van der Waals surface area contributed by atoms with Crippen LogP contribution in [-0.4, -0.2) is 16.8 Å². The molecule has 0 fully saturated rings. The molecule has 1 heterocycles. The second kappa shape index (κ2) is 7.40. The zero-order valence-corrected chi connectivity index (χ0v) is 14.6. The van der Waals surface area contributed by atoms with E-state index in [-0.39, 0.29) is 22.9 Å². The minimum absolute atomic E-state index is 0.118. The van der Waals surface area contributed by atoms with Crippen molar-refractivity contribution in [1.29, 1.82) is 0 Å². The van der Waals surface area contributed by atoms with Gasteiger partial charge in [-0.05, 0) is 29.8 Å². The molecule has 0 amide bonds. The summed E-state index contributed by atoms with van der Waals surface area (Å²) in [5.74, 6) is -3.72. The second-order valence-corrected chi connectivity index (χ2v) is 6.14. The number of hydrogen-bond donors (Lipinski definition) is 0. The zero-order chi connectivity index (χ0) is 19.7. The summed E-state index contributed by atoms with van der Waals surface area (Å²) in [6.45, 7) is 0.118. The van der Waals surface area contributed by atoms with Gasteiger partial charge in [0.2, 0.25) is 0 Å². The smallest absolute Gasteiger partial charge is 0.292 e. The Balaban J connectivity index is 1.94. The van der Waals surface area contributed by atoms with Crippen LogP contribution in [0.4, 0.5) is 23.2 Å². The molecule has 0 saturated heterocycles. The van der Waals surface area contributed by atoms with Gasteiger partial charge < -0.3 is 4.90 Å². The Morgan fingerprint density at radius 3 is 2.44 bits per heavy atom. The first kappa shape index (κ1) is 18.9.